The second-order valence-corrected chi connectivity index (χ2v) is 8.95. The summed E-state index contributed by atoms with van der Waals surface area (Å²) in [5.41, 5.74) is 0.168. The molecule has 2 heteroatoms. The first-order valence-electron chi connectivity index (χ1n) is 9.13. The van der Waals surface area contributed by atoms with Crippen LogP contribution in [0.2, 0.25) is 0 Å². The average Bonchev–Trinajstić information content (AvgIpc) is 2.76. The molecule has 0 bridgehead atoms. The Balaban J connectivity index is 1.71. The average molecular weight is 292 g/mol. The van der Waals surface area contributed by atoms with Gasteiger partial charge in [0.05, 0.1) is 0 Å². The maximum absolute atomic E-state index is 14.4. The van der Waals surface area contributed by atoms with Crippen molar-refractivity contribution < 1.29 is 9.18 Å². The van der Waals surface area contributed by atoms with Gasteiger partial charge in [-0.3, -0.25) is 4.79 Å². The molecule has 0 saturated heterocycles. The van der Waals surface area contributed by atoms with Gasteiger partial charge in [-0.2, -0.15) is 0 Å². The summed E-state index contributed by atoms with van der Waals surface area (Å²) in [6.45, 7) is 4.60. The molecular weight excluding hydrogens is 263 g/mol. The molecule has 4 aliphatic rings. The first-order valence-corrected chi connectivity index (χ1v) is 9.13. The van der Waals surface area contributed by atoms with Crippen molar-refractivity contribution in [3.05, 3.63) is 0 Å². The zero-order chi connectivity index (χ0) is 14.8. The summed E-state index contributed by atoms with van der Waals surface area (Å²) in [5, 5.41) is 0. The summed E-state index contributed by atoms with van der Waals surface area (Å²) in [7, 11) is 0. The second kappa shape index (κ2) is 4.55. The summed E-state index contributed by atoms with van der Waals surface area (Å²) in [6, 6.07) is 0. The van der Waals surface area contributed by atoms with Crippen molar-refractivity contribution in [2.45, 2.75) is 77.8 Å². The summed E-state index contributed by atoms with van der Waals surface area (Å²) < 4.78 is 14.4. The van der Waals surface area contributed by atoms with E-state index in [0.717, 1.165) is 25.7 Å². The summed E-state index contributed by atoms with van der Waals surface area (Å²) in [5.74, 6) is 2.18. The number of ketones is 1. The Morgan fingerprint density at radius 2 is 1.71 bits per heavy atom. The van der Waals surface area contributed by atoms with E-state index in [9.17, 15) is 9.18 Å². The van der Waals surface area contributed by atoms with Crippen LogP contribution in [-0.4, -0.2) is 12.0 Å². The molecule has 0 aromatic heterocycles. The third-order valence-electron chi connectivity index (χ3n) is 8.27. The summed E-state index contributed by atoms with van der Waals surface area (Å²) in [6.07, 6.45) is 9.05. The first-order chi connectivity index (χ1) is 9.97. The fraction of sp³-hybridized carbons (Fsp3) is 0.947. The Labute approximate surface area is 128 Å². The Hall–Kier alpha value is -0.400. The molecule has 0 radical (unpaired) electrons. The maximum atomic E-state index is 14.4. The fourth-order valence-corrected chi connectivity index (χ4v) is 6.90. The lowest BCUT2D eigenvalue weighted by molar-refractivity contribution is -0.155. The van der Waals surface area contributed by atoms with Crippen LogP contribution < -0.4 is 0 Å². The maximum Gasteiger partial charge on any atom is 0.136 e. The lowest BCUT2D eigenvalue weighted by atomic mass is 9.45. The van der Waals surface area contributed by atoms with Crippen molar-refractivity contribution in [1.82, 2.24) is 0 Å². The van der Waals surface area contributed by atoms with Crippen molar-refractivity contribution in [3.8, 4) is 0 Å². The number of hydrogen-bond acceptors (Lipinski definition) is 1. The zero-order valence-corrected chi connectivity index (χ0v) is 13.5. The van der Waals surface area contributed by atoms with Gasteiger partial charge >= 0.3 is 0 Å². The predicted molar refractivity (Wildman–Crippen MR) is 81.6 cm³/mol. The highest BCUT2D eigenvalue weighted by atomic mass is 19.1. The Bertz CT molecular complexity index is 460. The van der Waals surface area contributed by atoms with Gasteiger partial charge in [-0.15, -0.1) is 0 Å². The van der Waals surface area contributed by atoms with Crippen LogP contribution in [0.25, 0.3) is 0 Å². The smallest absolute Gasteiger partial charge is 0.136 e. The first kappa shape index (κ1) is 14.2. The largest absolute Gasteiger partial charge is 0.299 e. The molecule has 0 N–H and O–H groups in total. The van der Waals surface area contributed by atoms with E-state index >= 15 is 0 Å². The van der Waals surface area contributed by atoms with Gasteiger partial charge in [-0.1, -0.05) is 26.7 Å². The van der Waals surface area contributed by atoms with Gasteiger partial charge in [0.25, 0.3) is 0 Å². The normalized spacial score (nSPS) is 56.5. The predicted octanol–water partition coefficient (Wildman–Crippen LogP) is 4.94. The van der Waals surface area contributed by atoms with Gasteiger partial charge in [-0.25, -0.2) is 4.39 Å². The van der Waals surface area contributed by atoms with E-state index in [1.165, 1.54) is 25.7 Å². The number of hydrogen-bond donors (Lipinski definition) is 0. The van der Waals surface area contributed by atoms with Gasteiger partial charge in [0.1, 0.15) is 12.0 Å². The fourth-order valence-electron chi connectivity index (χ4n) is 6.90. The number of Topliss-reactive ketones (excluding diaryl/α,β-unsaturated/α-hetero) is 1. The summed E-state index contributed by atoms with van der Waals surface area (Å²) >= 11 is 0. The van der Waals surface area contributed by atoms with E-state index in [1.807, 2.05) is 0 Å². The third kappa shape index (κ3) is 1.77. The van der Waals surface area contributed by atoms with Crippen LogP contribution in [0.3, 0.4) is 0 Å². The number of alkyl halides is 1. The molecule has 1 nitrogen and oxygen atoms in total. The second-order valence-electron chi connectivity index (χ2n) is 8.95. The highest BCUT2D eigenvalue weighted by Gasteiger charge is 2.62. The molecule has 4 rings (SSSR count). The van der Waals surface area contributed by atoms with Crippen LogP contribution >= 0.6 is 0 Å². The SMILES string of the molecule is C[C@]12CCCCC1CC(=O)[C@@H]1[C@H]2CC[C@]2(C)C(F)CC[C@@H]12. The number of carbonyl (C=O) groups excluding carboxylic acids is 1. The molecule has 0 aliphatic heterocycles. The number of halogens is 1. The number of rotatable bonds is 0. The Kier molecular flexibility index (Phi) is 3.08. The van der Waals surface area contributed by atoms with Crippen LogP contribution in [0.1, 0.15) is 71.6 Å². The lowest BCUT2D eigenvalue weighted by Crippen LogP contribution is -2.56. The van der Waals surface area contributed by atoms with Crippen LogP contribution in [-0.2, 0) is 4.79 Å². The molecule has 21 heavy (non-hydrogen) atoms. The van der Waals surface area contributed by atoms with E-state index in [1.54, 1.807) is 0 Å². The van der Waals surface area contributed by atoms with E-state index in [0.29, 0.717) is 35.4 Å². The lowest BCUT2D eigenvalue weighted by Gasteiger charge is -2.59. The van der Waals surface area contributed by atoms with Crippen LogP contribution in [0.15, 0.2) is 0 Å². The van der Waals surface area contributed by atoms with Gasteiger partial charge in [-0.05, 0) is 61.7 Å². The van der Waals surface area contributed by atoms with E-state index in [2.05, 4.69) is 13.8 Å². The van der Waals surface area contributed by atoms with Crippen molar-refractivity contribution >= 4 is 5.78 Å². The van der Waals surface area contributed by atoms with Crippen molar-refractivity contribution in [2.75, 3.05) is 0 Å². The highest BCUT2D eigenvalue weighted by molar-refractivity contribution is 5.83. The molecule has 118 valence electrons. The quantitative estimate of drug-likeness (QED) is 0.618. The van der Waals surface area contributed by atoms with E-state index < -0.39 is 6.17 Å². The standard InChI is InChI=1S/C19H29FO/c1-18-9-4-3-5-12(18)11-15(21)17-13-6-7-16(20)19(13,2)10-8-14(17)18/h12-14,16-17H,3-11H2,1-2H3/t12?,13-,14+,16?,17-,18-,19-/m0/s1. The zero-order valence-electron chi connectivity index (χ0n) is 13.5. The van der Waals surface area contributed by atoms with Gasteiger partial charge in [0.2, 0.25) is 0 Å². The molecule has 0 heterocycles. The minimum Gasteiger partial charge on any atom is -0.299 e. The monoisotopic (exact) mass is 292 g/mol. The summed E-state index contributed by atoms with van der Waals surface area (Å²) in [4.78, 5) is 12.9. The van der Waals surface area contributed by atoms with Crippen LogP contribution in [0.4, 0.5) is 4.39 Å². The topological polar surface area (TPSA) is 17.1 Å². The molecule has 0 aromatic carbocycles. The van der Waals surface area contributed by atoms with Crippen molar-refractivity contribution in [2.24, 2.45) is 34.5 Å². The van der Waals surface area contributed by atoms with E-state index in [-0.39, 0.29) is 11.3 Å². The molecule has 0 amide bonds. The molecule has 0 aromatic rings. The molecular formula is C19H29FO. The van der Waals surface area contributed by atoms with Gasteiger partial charge in [0.15, 0.2) is 0 Å². The third-order valence-corrected chi connectivity index (χ3v) is 8.27. The number of fused-ring (bicyclic) bond motifs is 5. The molecule has 4 fully saturated rings. The van der Waals surface area contributed by atoms with E-state index in [4.69, 9.17) is 0 Å². The molecule has 7 atom stereocenters. The Morgan fingerprint density at radius 1 is 0.952 bits per heavy atom. The molecule has 2 unspecified atom stereocenters. The Morgan fingerprint density at radius 3 is 2.52 bits per heavy atom. The van der Waals surface area contributed by atoms with Crippen molar-refractivity contribution in [3.63, 3.8) is 0 Å². The van der Waals surface area contributed by atoms with Gasteiger partial charge in [0, 0.05) is 17.8 Å². The highest BCUT2D eigenvalue weighted by Crippen LogP contribution is 2.65. The van der Waals surface area contributed by atoms with Gasteiger partial charge < -0.3 is 0 Å². The minimum absolute atomic E-state index is 0.184. The van der Waals surface area contributed by atoms with Crippen LogP contribution in [0, 0.1) is 34.5 Å². The molecule has 4 aliphatic carbocycles. The number of carbonyl (C=O) groups is 1. The molecule has 4 saturated carbocycles. The molecule has 0 spiro atoms. The minimum atomic E-state index is -0.673. The van der Waals surface area contributed by atoms with Crippen LogP contribution in [0.5, 0.6) is 0 Å². The van der Waals surface area contributed by atoms with Crippen molar-refractivity contribution in [1.29, 1.82) is 0 Å².